The summed E-state index contributed by atoms with van der Waals surface area (Å²) in [6, 6.07) is 11.1. The van der Waals surface area contributed by atoms with Gasteiger partial charge in [0.1, 0.15) is 12.6 Å². The van der Waals surface area contributed by atoms with Gasteiger partial charge in [0, 0.05) is 25.2 Å². The lowest BCUT2D eigenvalue weighted by Gasteiger charge is -2.40. The molecule has 2 aliphatic heterocycles. The first-order valence-electron chi connectivity index (χ1n) is 12.5. The van der Waals surface area contributed by atoms with Gasteiger partial charge in [0.2, 0.25) is 0 Å². The quantitative estimate of drug-likeness (QED) is 0.590. The van der Waals surface area contributed by atoms with Gasteiger partial charge in [-0.3, -0.25) is 4.90 Å². The predicted molar refractivity (Wildman–Crippen MR) is 135 cm³/mol. The third-order valence-corrected chi connectivity index (χ3v) is 7.82. The molecule has 0 unspecified atom stereocenters. The fourth-order valence-electron chi connectivity index (χ4n) is 5.68. The number of hydrogen-bond acceptors (Lipinski definition) is 6. The zero-order valence-electron chi connectivity index (χ0n) is 20.6. The number of likely N-dealkylation sites (tertiary alicyclic amines) is 1. The Kier molecular flexibility index (Phi) is 8.21. The SMILES string of the molecule is Cl.N#Cc1ccc(C2(O)CCC(N3CC[C@@H](NC(=O)N4C(=O)OC[C@@H]4c4ccc(F)c(F)c4)C3)CC2)cc1. The number of halogens is 3. The van der Waals surface area contributed by atoms with Gasteiger partial charge in [-0.05, 0) is 67.5 Å². The summed E-state index contributed by atoms with van der Waals surface area (Å²) in [4.78, 5) is 28.5. The predicted octanol–water partition coefficient (Wildman–Crippen LogP) is 4.37. The van der Waals surface area contributed by atoms with Gasteiger partial charge in [0.15, 0.2) is 11.6 Å². The summed E-state index contributed by atoms with van der Waals surface area (Å²) >= 11 is 0. The van der Waals surface area contributed by atoms with Crippen LogP contribution < -0.4 is 5.32 Å². The first-order chi connectivity index (χ1) is 17.8. The van der Waals surface area contributed by atoms with E-state index in [0.717, 1.165) is 42.0 Å². The standard InChI is InChI=1S/C27H28F2N4O4.ClH/c28-22-6-3-18(13-23(22)29)24-16-37-26(35)33(24)25(34)31-20-9-12-32(15-20)21-7-10-27(36,11-8-21)19-4-1-17(14-30)2-5-19;/h1-6,13,20-21,24,36H,7-12,15-16H2,(H,31,34);1H/t20-,21?,24-,27?;/m1./s1. The van der Waals surface area contributed by atoms with Crippen LogP contribution in [0.4, 0.5) is 18.4 Å². The van der Waals surface area contributed by atoms with Crippen LogP contribution in [0.25, 0.3) is 0 Å². The minimum atomic E-state index is -1.05. The molecule has 2 N–H and O–H groups in total. The maximum Gasteiger partial charge on any atom is 0.418 e. The van der Waals surface area contributed by atoms with Crippen molar-refractivity contribution in [3.63, 3.8) is 0 Å². The fraction of sp³-hybridized carbons (Fsp3) is 0.444. The van der Waals surface area contributed by atoms with Crippen molar-refractivity contribution in [3.05, 3.63) is 70.8 Å². The number of urea groups is 1. The van der Waals surface area contributed by atoms with Crippen LogP contribution in [0.15, 0.2) is 42.5 Å². The molecule has 38 heavy (non-hydrogen) atoms. The Balaban J connectivity index is 0.00000336. The van der Waals surface area contributed by atoms with Crippen molar-refractivity contribution in [2.24, 2.45) is 0 Å². The van der Waals surface area contributed by atoms with E-state index in [2.05, 4.69) is 16.3 Å². The summed E-state index contributed by atoms with van der Waals surface area (Å²) in [6.07, 6.45) is 2.69. The van der Waals surface area contributed by atoms with Crippen LogP contribution in [0.1, 0.15) is 54.8 Å². The van der Waals surface area contributed by atoms with E-state index in [1.807, 2.05) is 12.1 Å². The lowest BCUT2D eigenvalue weighted by atomic mass is 9.77. The molecule has 1 saturated carbocycles. The van der Waals surface area contributed by atoms with Gasteiger partial charge in [-0.1, -0.05) is 18.2 Å². The molecule has 3 aliphatic rings. The van der Waals surface area contributed by atoms with E-state index in [0.29, 0.717) is 31.4 Å². The van der Waals surface area contributed by atoms with Gasteiger partial charge in [0.25, 0.3) is 0 Å². The van der Waals surface area contributed by atoms with Gasteiger partial charge in [-0.2, -0.15) is 5.26 Å². The molecule has 0 spiro atoms. The molecular weight excluding hydrogens is 518 g/mol. The van der Waals surface area contributed by atoms with Gasteiger partial charge >= 0.3 is 12.1 Å². The van der Waals surface area contributed by atoms with Crippen molar-refractivity contribution < 1.29 is 28.2 Å². The number of amides is 3. The lowest BCUT2D eigenvalue weighted by Crippen LogP contribution is -2.48. The monoisotopic (exact) mass is 546 g/mol. The molecule has 11 heteroatoms. The Morgan fingerprint density at radius 1 is 1.11 bits per heavy atom. The van der Waals surface area contributed by atoms with E-state index in [4.69, 9.17) is 10.00 Å². The fourth-order valence-corrected chi connectivity index (χ4v) is 5.68. The van der Waals surface area contributed by atoms with E-state index in [9.17, 15) is 23.5 Å². The summed E-state index contributed by atoms with van der Waals surface area (Å²) in [7, 11) is 0. The van der Waals surface area contributed by atoms with E-state index >= 15 is 0 Å². The summed E-state index contributed by atoms with van der Waals surface area (Å²) in [5.74, 6) is -2.06. The Hall–Kier alpha value is -3.26. The highest BCUT2D eigenvalue weighted by Gasteiger charge is 2.42. The number of nitrogens with one attached hydrogen (secondary N) is 1. The van der Waals surface area contributed by atoms with Gasteiger partial charge in [-0.25, -0.2) is 23.3 Å². The van der Waals surface area contributed by atoms with Gasteiger partial charge in [0.05, 0.1) is 17.2 Å². The highest BCUT2D eigenvalue weighted by molar-refractivity contribution is 5.92. The molecule has 8 nitrogen and oxygen atoms in total. The number of carbonyl (C=O) groups excluding carboxylic acids is 2. The van der Waals surface area contributed by atoms with E-state index in [1.165, 1.54) is 6.07 Å². The second kappa shape index (κ2) is 11.2. The number of carbonyl (C=O) groups is 2. The van der Waals surface area contributed by atoms with Crippen LogP contribution in [0.3, 0.4) is 0 Å². The average molecular weight is 547 g/mol. The van der Waals surface area contributed by atoms with Crippen molar-refractivity contribution >= 4 is 24.5 Å². The number of imide groups is 1. The molecular formula is C27H29ClF2N4O4. The molecule has 0 bridgehead atoms. The second-order valence-corrected chi connectivity index (χ2v) is 10.0. The average Bonchev–Trinajstić information content (AvgIpc) is 3.52. The van der Waals surface area contributed by atoms with E-state index in [-0.39, 0.29) is 36.7 Å². The summed E-state index contributed by atoms with van der Waals surface area (Å²) in [5, 5.41) is 23.1. The lowest BCUT2D eigenvalue weighted by molar-refractivity contribution is -0.0223. The zero-order valence-corrected chi connectivity index (χ0v) is 21.4. The highest BCUT2D eigenvalue weighted by Crippen LogP contribution is 2.39. The topological polar surface area (TPSA) is 106 Å². The molecule has 2 aromatic rings. The van der Waals surface area contributed by atoms with Crippen LogP contribution in [0, 0.1) is 23.0 Å². The molecule has 2 aromatic carbocycles. The Bertz CT molecular complexity index is 1230. The van der Waals surface area contributed by atoms with E-state index in [1.54, 1.807) is 12.1 Å². The van der Waals surface area contributed by atoms with Crippen molar-refractivity contribution in [1.29, 1.82) is 5.26 Å². The largest absolute Gasteiger partial charge is 0.446 e. The van der Waals surface area contributed by atoms with Gasteiger partial charge < -0.3 is 15.2 Å². The first-order valence-corrected chi connectivity index (χ1v) is 12.5. The molecule has 202 valence electrons. The number of ether oxygens (including phenoxy) is 1. The van der Waals surface area contributed by atoms with Crippen LogP contribution in [-0.2, 0) is 10.3 Å². The molecule has 2 atom stereocenters. The maximum absolute atomic E-state index is 13.7. The third-order valence-electron chi connectivity index (χ3n) is 7.82. The van der Waals surface area contributed by atoms with Gasteiger partial charge in [-0.15, -0.1) is 12.4 Å². The van der Waals surface area contributed by atoms with Crippen molar-refractivity contribution in [3.8, 4) is 6.07 Å². The summed E-state index contributed by atoms with van der Waals surface area (Å²) in [5.41, 5.74) is 0.752. The summed E-state index contributed by atoms with van der Waals surface area (Å²) < 4.78 is 32.1. The Labute approximate surface area is 225 Å². The molecule has 3 fully saturated rings. The number of benzene rings is 2. The van der Waals surface area contributed by atoms with Crippen LogP contribution in [-0.4, -0.2) is 58.8 Å². The first kappa shape index (κ1) is 27.8. The number of nitriles is 1. The number of cyclic esters (lactones) is 1. The van der Waals surface area contributed by atoms with Crippen molar-refractivity contribution in [2.75, 3.05) is 19.7 Å². The molecule has 3 amide bonds. The van der Waals surface area contributed by atoms with Crippen molar-refractivity contribution in [1.82, 2.24) is 15.1 Å². The molecule has 0 radical (unpaired) electrons. The van der Waals surface area contributed by atoms with Crippen LogP contribution in [0.2, 0.25) is 0 Å². The number of rotatable bonds is 4. The number of hydrogen-bond donors (Lipinski definition) is 2. The van der Waals surface area contributed by atoms with Crippen LogP contribution in [0.5, 0.6) is 0 Å². The Morgan fingerprint density at radius 3 is 2.47 bits per heavy atom. The van der Waals surface area contributed by atoms with Crippen LogP contribution >= 0.6 is 12.4 Å². The smallest absolute Gasteiger partial charge is 0.418 e. The van der Waals surface area contributed by atoms with Crippen molar-refractivity contribution in [2.45, 2.75) is 55.8 Å². The molecule has 2 saturated heterocycles. The van der Waals surface area contributed by atoms with E-state index < -0.39 is 35.4 Å². The highest BCUT2D eigenvalue weighted by atomic mass is 35.5. The molecule has 1 aliphatic carbocycles. The second-order valence-electron chi connectivity index (χ2n) is 10.0. The molecule has 5 rings (SSSR count). The minimum Gasteiger partial charge on any atom is -0.446 e. The number of aliphatic hydroxyl groups is 1. The normalized spacial score (nSPS) is 27.4. The molecule has 2 heterocycles. The zero-order chi connectivity index (χ0) is 26.2. The summed E-state index contributed by atoms with van der Waals surface area (Å²) in [6.45, 7) is 1.27. The maximum atomic E-state index is 13.7. The third kappa shape index (κ3) is 5.46. The Morgan fingerprint density at radius 2 is 1.82 bits per heavy atom. The number of nitrogens with zero attached hydrogens (tertiary/aromatic N) is 3. The minimum absolute atomic E-state index is 0. The molecule has 0 aromatic heterocycles.